The molecule has 1 aliphatic rings. The van der Waals surface area contributed by atoms with Crippen LogP contribution in [0.4, 0.5) is 0 Å². The molecule has 0 unspecified atom stereocenters. The van der Waals surface area contributed by atoms with E-state index in [4.69, 9.17) is 5.11 Å². The van der Waals surface area contributed by atoms with Crippen molar-refractivity contribution in [3.8, 4) is 0 Å². The molecular weight excluding hydrogens is 182 g/mol. The first-order valence-corrected chi connectivity index (χ1v) is 5.06. The predicted molar refractivity (Wildman–Crippen MR) is 52.8 cm³/mol. The van der Waals surface area contributed by atoms with Crippen molar-refractivity contribution in [2.24, 2.45) is 5.92 Å². The zero-order valence-corrected chi connectivity index (χ0v) is 9.10. The van der Waals surface area contributed by atoms with Crippen molar-refractivity contribution < 1.29 is 19.5 Å². The number of carboxylic acids is 1. The first-order chi connectivity index (χ1) is 6.34. The normalized spacial score (nSPS) is 34.1. The Morgan fingerprint density at radius 1 is 1.29 bits per heavy atom. The number of quaternary nitrogens is 1. The Morgan fingerprint density at radius 3 is 2.29 bits per heavy atom. The molecule has 0 amide bonds. The van der Waals surface area contributed by atoms with Gasteiger partial charge in [-0.15, -0.1) is 0 Å². The van der Waals surface area contributed by atoms with Crippen LogP contribution in [0.1, 0.15) is 19.3 Å². The molecule has 4 heteroatoms. The van der Waals surface area contributed by atoms with E-state index in [0.717, 1.165) is 12.8 Å². The van der Waals surface area contributed by atoms with Gasteiger partial charge in [0.1, 0.15) is 12.1 Å². The number of aliphatic hydroxyl groups excluding tert-OH is 1. The fourth-order valence-corrected chi connectivity index (χ4v) is 2.27. The van der Waals surface area contributed by atoms with Gasteiger partial charge in [-0.3, -0.25) is 4.79 Å². The van der Waals surface area contributed by atoms with Gasteiger partial charge in [0.05, 0.1) is 27.1 Å². The van der Waals surface area contributed by atoms with Gasteiger partial charge in [0.25, 0.3) is 0 Å². The summed E-state index contributed by atoms with van der Waals surface area (Å²) in [6.45, 7) is 0. The van der Waals surface area contributed by atoms with Crippen LogP contribution in [-0.4, -0.2) is 54.0 Å². The van der Waals surface area contributed by atoms with Crippen LogP contribution in [0.5, 0.6) is 0 Å². The van der Waals surface area contributed by atoms with Gasteiger partial charge in [0.15, 0.2) is 0 Å². The van der Waals surface area contributed by atoms with E-state index < -0.39 is 18.0 Å². The number of carbonyl (C=O) groups is 1. The minimum Gasteiger partial charge on any atom is -0.481 e. The Bertz CT molecular complexity index is 222. The van der Waals surface area contributed by atoms with Crippen molar-refractivity contribution in [1.29, 1.82) is 0 Å². The second-order valence-electron chi connectivity index (χ2n) is 5.05. The quantitative estimate of drug-likeness (QED) is 0.633. The summed E-state index contributed by atoms with van der Waals surface area (Å²) in [6, 6.07) is 0.0462. The Labute approximate surface area is 84.7 Å². The zero-order chi connectivity index (χ0) is 10.9. The standard InChI is InChI=1S/C10H19NO3/c1-11(2,3)8-6-4-5-7(9(8)12)10(13)14/h7-9,12H,4-6H2,1-3H3/p+1/t7-,8-,9-/m1/s1. The molecule has 0 heterocycles. The van der Waals surface area contributed by atoms with Crippen molar-refractivity contribution in [3.05, 3.63) is 0 Å². The van der Waals surface area contributed by atoms with Crippen molar-refractivity contribution in [3.63, 3.8) is 0 Å². The highest BCUT2D eigenvalue weighted by Gasteiger charge is 2.42. The molecule has 0 spiro atoms. The number of carboxylic acid groups (broad SMARTS) is 1. The summed E-state index contributed by atoms with van der Waals surface area (Å²) in [5, 5.41) is 18.9. The highest BCUT2D eigenvalue weighted by Crippen LogP contribution is 2.29. The molecule has 82 valence electrons. The lowest BCUT2D eigenvalue weighted by molar-refractivity contribution is -0.901. The minimum atomic E-state index is -0.865. The molecule has 0 radical (unpaired) electrons. The molecular formula is C10H20NO3+. The maximum Gasteiger partial charge on any atom is 0.309 e. The summed E-state index contributed by atoms with van der Waals surface area (Å²) in [4.78, 5) is 10.9. The van der Waals surface area contributed by atoms with Crippen molar-refractivity contribution in [2.75, 3.05) is 21.1 Å². The zero-order valence-electron chi connectivity index (χ0n) is 9.10. The maximum absolute atomic E-state index is 10.9. The smallest absolute Gasteiger partial charge is 0.309 e. The second-order valence-corrected chi connectivity index (χ2v) is 5.05. The lowest BCUT2D eigenvalue weighted by Crippen LogP contribution is -2.56. The highest BCUT2D eigenvalue weighted by molar-refractivity contribution is 5.70. The van der Waals surface area contributed by atoms with Crippen LogP contribution in [0.25, 0.3) is 0 Å². The second kappa shape index (κ2) is 3.87. The predicted octanol–water partition coefficient (Wildman–Crippen LogP) is 0.307. The number of aliphatic carboxylic acids is 1. The van der Waals surface area contributed by atoms with Crippen LogP contribution < -0.4 is 0 Å². The van der Waals surface area contributed by atoms with Gasteiger partial charge in [-0.25, -0.2) is 0 Å². The number of nitrogens with zero attached hydrogens (tertiary/aromatic N) is 1. The topological polar surface area (TPSA) is 57.5 Å². The third-order valence-electron chi connectivity index (χ3n) is 3.13. The first-order valence-electron chi connectivity index (χ1n) is 5.06. The van der Waals surface area contributed by atoms with E-state index in [-0.39, 0.29) is 6.04 Å². The Balaban J connectivity index is 2.76. The maximum atomic E-state index is 10.9. The molecule has 4 nitrogen and oxygen atoms in total. The minimum absolute atomic E-state index is 0.0462. The Kier molecular flexibility index (Phi) is 3.17. The molecule has 2 N–H and O–H groups in total. The summed E-state index contributed by atoms with van der Waals surface area (Å²) in [6.07, 6.45) is 1.71. The summed E-state index contributed by atoms with van der Waals surface area (Å²) in [5.74, 6) is -1.44. The van der Waals surface area contributed by atoms with Gasteiger partial charge < -0.3 is 14.7 Å². The van der Waals surface area contributed by atoms with Crippen LogP contribution in [-0.2, 0) is 4.79 Å². The third kappa shape index (κ3) is 2.25. The highest BCUT2D eigenvalue weighted by atomic mass is 16.4. The van der Waals surface area contributed by atoms with Gasteiger partial charge in [-0.1, -0.05) is 0 Å². The Morgan fingerprint density at radius 2 is 1.86 bits per heavy atom. The van der Waals surface area contributed by atoms with Crippen LogP contribution in [0.15, 0.2) is 0 Å². The summed E-state index contributed by atoms with van der Waals surface area (Å²) >= 11 is 0. The number of hydrogen-bond donors (Lipinski definition) is 2. The van der Waals surface area contributed by atoms with Crippen LogP contribution in [0.2, 0.25) is 0 Å². The molecule has 0 aromatic heterocycles. The molecule has 0 aromatic rings. The van der Waals surface area contributed by atoms with Crippen molar-refractivity contribution >= 4 is 5.97 Å². The molecule has 3 atom stereocenters. The number of hydrogen-bond acceptors (Lipinski definition) is 2. The monoisotopic (exact) mass is 202 g/mol. The molecule has 0 bridgehead atoms. The average molecular weight is 202 g/mol. The van der Waals surface area contributed by atoms with Gasteiger partial charge in [-0.2, -0.15) is 0 Å². The SMILES string of the molecule is C[N+](C)(C)[C@@H]1CCC[C@@H](C(=O)O)[C@H]1O. The van der Waals surface area contributed by atoms with Crippen LogP contribution in [0, 0.1) is 5.92 Å². The van der Waals surface area contributed by atoms with E-state index in [1.165, 1.54) is 0 Å². The van der Waals surface area contributed by atoms with Gasteiger partial charge in [-0.05, 0) is 12.8 Å². The van der Waals surface area contributed by atoms with E-state index in [1.54, 1.807) is 0 Å². The number of rotatable bonds is 2. The third-order valence-corrected chi connectivity index (χ3v) is 3.13. The summed E-state index contributed by atoms with van der Waals surface area (Å²) < 4.78 is 0.630. The van der Waals surface area contributed by atoms with Crippen molar-refractivity contribution in [2.45, 2.75) is 31.4 Å². The van der Waals surface area contributed by atoms with E-state index in [1.807, 2.05) is 21.1 Å². The molecule has 1 fully saturated rings. The van der Waals surface area contributed by atoms with E-state index in [0.29, 0.717) is 10.9 Å². The molecule has 0 saturated heterocycles. The molecule has 1 aliphatic carbocycles. The van der Waals surface area contributed by atoms with Crippen LogP contribution >= 0.6 is 0 Å². The van der Waals surface area contributed by atoms with Gasteiger partial charge in [0, 0.05) is 6.42 Å². The molecule has 0 aromatic carbocycles. The van der Waals surface area contributed by atoms with E-state index in [2.05, 4.69) is 0 Å². The molecule has 1 rings (SSSR count). The van der Waals surface area contributed by atoms with Crippen LogP contribution in [0.3, 0.4) is 0 Å². The lowest BCUT2D eigenvalue weighted by atomic mass is 9.82. The van der Waals surface area contributed by atoms with Gasteiger partial charge in [0.2, 0.25) is 0 Å². The van der Waals surface area contributed by atoms with E-state index >= 15 is 0 Å². The lowest BCUT2D eigenvalue weighted by Gasteiger charge is -2.41. The van der Waals surface area contributed by atoms with E-state index in [9.17, 15) is 9.90 Å². The first kappa shape index (κ1) is 11.5. The molecule has 14 heavy (non-hydrogen) atoms. The fraction of sp³-hybridized carbons (Fsp3) is 0.900. The summed E-state index contributed by atoms with van der Waals surface area (Å²) in [7, 11) is 5.99. The largest absolute Gasteiger partial charge is 0.481 e. The molecule has 1 saturated carbocycles. The fourth-order valence-electron chi connectivity index (χ4n) is 2.27. The average Bonchev–Trinajstić information content (AvgIpc) is 2.01. The Hall–Kier alpha value is -0.610. The molecule has 0 aliphatic heterocycles. The number of likely N-dealkylation sites (N-methyl/N-ethyl adjacent to an activating group) is 1. The summed E-state index contributed by atoms with van der Waals surface area (Å²) in [5.41, 5.74) is 0. The van der Waals surface area contributed by atoms with Crippen molar-refractivity contribution in [1.82, 2.24) is 0 Å². The van der Waals surface area contributed by atoms with Gasteiger partial charge >= 0.3 is 5.97 Å². The number of aliphatic hydroxyl groups is 1.